The van der Waals surface area contributed by atoms with Crippen LogP contribution in [0.4, 0.5) is 5.82 Å². The van der Waals surface area contributed by atoms with E-state index in [-0.39, 0.29) is 0 Å². The van der Waals surface area contributed by atoms with Crippen LogP contribution in [0.15, 0.2) is 33.4 Å². The fourth-order valence-corrected chi connectivity index (χ4v) is 1.44. The third kappa shape index (κ3) is 1.93. The fourth-order valence-electron chi connectivity index (χ4n) is 1.09. The molecule has 0 saturated heterocycles. The van der Waals surface area contributed by atoms with Gasteiger partial charge in [-0.2, -0.15) is 5.10 Å². The van der Waals surface area contributed by atoms with Gasteiger partial charge in [-0.25, -0.2) is 0 Å². The molecule has 72 valence electrons. The SMILES string of the molecule is Nc1nnc(Cc2ccco2)cc1Br. The number of aromatic nitrogens is 2. The van der Waals surface area contributed by atoms with Crippen molar-refractivity contribution in [1.29, 1.82) is 0 Å². The van der Waals surface area contributed by atoms with Crippen LogP contribution in [0.5, 0.6) is 0 Å². The number of hydrogen-bond acceptors (Lipinski definition) is 4. The van der Waals surface area contributed by atoms with Gasteiger partial charge < -0.3 is 10.2 Å². The molecule has 5 heteroatoms. The predicted octanol–water partition coefficient (Wildman–Crippen LogP) is 2.01. The maximum atomic E-state index is 5.52. The van der Waals surface area contributed by atoms with E-state index in [0.29, 0.717) is 12.2 Å². The highest BCUT2D eigenvalue weighted by Crippen LogP contribution is 2.17. The molecule has 0 aliphatic heterocycles. The first-order valence-electron chi connectivity index (χ1n) is 4.05. The van der Waals surface area contributed by atoms with E-state index in [9.17, 15) is 0 Å². The Morgan fingerprint density at radius 2 is 2.29 bits per heavy atom. The van der Waals surface area contributed by atoms with Crippen LogP contribution >= 0.6 is 15.9 Å². The minimum atomic E-state index is 0.396. The fraction of sp³-hybridized carbons (Fsp3) is 0.111. The summed E-state index contributed by atoms with van der Waals surface area (Å²) in [5.74, 6) is 1.25. The maximum Gasteiger partial charge on any atom is 0.160 e. The molecular weight excluding hydrogens is 246 g/mol. The molecule has 0 spiro atoms. The van der Waals surface area contributed by atoms with Crippen LogP contribution < -0.4 is 5.73 Å². The van der Waals surface area contributed by atoms with E-state index in [1.807, 2.05) is 18.2 Å². The van der Waals surface area contributed by atoms with E-state index >= 15 is 0 Å². The summed E-state index contributed by atoms with van der Waals surface area (Å²) >= 11 is 3.29. The average molecular weight is 254 g/mol. The number of hydrogen-bond donors (Lipinski definition) is 1. The van der Waals surface area contributed by atoms with Crippen molar-refractivity contribution in [3.8, 4) is 0 Å². The van der Waals surface area contributed by atoms with Crippen LogP contribution in [0.25, 0.3) is 0 Å². The second-order valence-electron chi connectivity index (χ2n) is 2.82. The summed E-state index contributed by atoms with van der Waals surface area (Å²) in [4.78, 5) is 0. The Labute approximate surface area is 89.3 Å². The van der Waals surface area contributed by atoms with E-state index in [1.165, 1.54) is 0 Å². The molecule has 0 radical (unpaired) electrons. The zero-order chi connectivity index (χ0) is 9.97. The summed E-state index contributed by atoms with van der Waals surface area (Å²) in [6.45, 7) is 0. The van der Waals surface area contributed by atoms with Gasteiger partial charge in [0.25, 0.3) is 0 Å². The Balaban J connectivity index is 2.22. The summed E-state index contributed by atoms with van der Waals surface area (Å²) in [7, 11) is 0. The van der Waals surface area contributed by atoms with Gasteiger partial charge in [-0.1, -0.05) is 0 Å². The molecule has 2 aromatic heterocycles. The molecule has 0 fully saturated rings. The molecule has 0 atom stereocenters. The summed E-state index contributed by atoms with van der Waals surface area (Å²) in [5.41, 5.74) is 6.34. The Bertz CT molecular complexity index is 428. The van der Waals surface area contributed by atoms with Crippen molar-refractivity contribution in [2.24, 2.45) is 0 Å². The first-order valence-corrected chi connectivity index (χ1v) is 4.85. The largest absolute Gasteiger partial charge is 0.469 e. The normalized spacial score (nSPS) is 10.4. The molecule has 0 saturated carbocycles. The zero-order valence-corrected chi connectivity index (χ0v) is 8.86. The molecule has 0 aromatic carbocycles. The van der Waals surface area contributed by atoms with Crippen molar-refractivity contribution in [3.63, 3.8) is 0 Å². The molecule has 0 unspecified atom stereocenters. The molecule has 0 aliphatic carbocycles. The van der Waals surface area contributed by atoms with Crippen molar-refractivity contribution in [2.75, 3.05) is 5.73 Å². The highest BCUT2D eigenvalue weighted by atomic mass is 79.9. The van der Waals surface area contributed by atoms with Crippen molar-refractivity contribution in [1.82, 2.24) is 10.2 Å². The van der Waals surface area contributed by atoms with Crippen LogP contribution in [-0.2, 0) is 6.42 Å². The van der Waals surface area contributed by atoms with Gasteiger partial charge in [0.15, 0.2) is 5.82 Å². The molecule has 4 nitrogen and oxygen atoms in total. The first kappa shape index (κ1) is 9.21. The number of nitrogens with two attached hydrogens (primary N) is 1. The molecule has 0 bridgehead atoms. The molecule has 2 N–H and O–H groups in total. The number of halogens is 1. The standard InChI is InChI=1S/C9H8BrN3O/c10-8-5-6(12-13-9(8)11)4-7-2-1-3-14-7/h1-3,5H,4H2,(H2,11,13). The number of nitrogens with zero attached hydrogens (tertiary/aromatic N) is 2. The molecule has 0 aliphatic rings. The van der Waals surface area contributed by atoms with Gasteiger partial charge >= 0.3 is 0 Å². The van der Waals surface area contributed by atoms with E-state index < -0.39 is 0 Å². The van der Waals surface area contributed by atoms with Crippen molar-refractivity contribution in [2.45, 2.75) is 6.42 Å². The Morgan fingerprint density at radius 3 is 2.93 bits per heavy atom. The van der Waals surface area contributed by atoms with E-state index in [0.717, 1.165) is 15.9 Å². The van der Waals surface area contributed by atoms with Crippen LogP contribution in [0, 0.1) is 0 Å². The number of rotatable bonds is 2. The Hall–Kier alpha value is -1.36. The van der Waals surface area contributed by atoms with Crippen molar-refractivity contribution >= 4 is 21.7 Å². The lowest BCUT2D eigenvalue weighted by Crippen LogP contribution is -1.99. The topological polar surface area (TPSA) is 64.9 Å². The molecule has 14 heavy (non-hydrogen) atoms. The lowest BCUT2D eigenvalue weighted by molar-refractivity contribution is 0.518. The quantitative estimate of drug-likeness (QED) is 0.890. The van der Waals surface area contributed by atoms with Gasteiger partial charge in [0, 0.05) is 0 Å². The lowest BCUT2D eigenvalue weighted by atomic mass is 10.2. The molecule has 2 heterocycles. The summed E-state index contributed by atoms with van der Waals surface area (Å²) in [6.07, 6.45) is 2.26. The summed E-state index contributed by atoms with van der Waals surface area (Å²) in [5, 5.41) is 7.75. The van der Waals surface area contributed by atoms with Gasteiger partial charge in [0.05, 0.1) is 22.9 Å². The van der Waals surface area contributed by atoms with Gasteiger partial charge in [-0.15, -0.1) is 5.10 Å². The van der Waals surface area contributed by atoms with Crippen LogP contribution in [0.2, 0.25) is 0 Å². The Morgan fingerprint density at radius 1 is 1.43 bits per heavy atom. The van der Waals surface area contributed by atoms with Gasteiger partial charge in [0.2, 0.25) is 0 Å². The summed E-state index contributed by atoms with van der Waals surface area (Å²) in [6, 6.07) is 5.58. The zero-order valence-electron chi connectivity index (χ0n) is 7.27. The molecular formula is C9H8BrN3O. The number of nitrogen functional groups attached to an aromatic ring is 1. The second kappa shape index (κ2) is 3.79. The minimum Gasteiger partial charge on any atom is -0.469 e. The Kier molecular flexibility index (Phi) is 2.49. The van der Waals surface area contributed by atoms with Crippen molar-refractivity contribution < 1.29 is 4.42 Å². The smallest absolute Gasteiger partial charge is 0.160 e. The maximum absolute atomic E-state index is 5.52. The highest BCUT2D eigenvalue weighted by molar-refractivity contribution is 9.10. The van der Waals surface area contributed by atoms with Crippen molar-refractivity contribution in [3.05, 3.63) is 40.4 Å². The summed E-state index contributed by atoms with van der Waals surface area (Å²) < 4.78 is 5.95. The predicted molar refractivity (Wildman–Crippen MR) is 55.7 cm³/mol. The molecule has 2 rings (SSSR count). The van der Waals surface area contributed by atoms with Crippen LogP contribution in [-0.4, -0.2) is 10.2 Å². The van der Waals surface area contributed by atoms with E-state index in [1.54, 1.807) is 6.26 Å². The third-order valence-electron chi connectivity index (χ3n) is 1.76. The van der Waals surface area contributed by atoms with Crippen LogP contribution in [0.1, 0.15) is 11.5 Å². The lowest BCUT2D eigenvalue weighted by Gasteiger charge is -1.99. The van der Waals surface area contributed by atoms with Gasteiger partial charge in [0.1, 0.15) is 5.76 Å². The van der Waals surface area contributed by atoms with E-state index in [2.05, 4.69) is 26.1 Å². The molecule has 0 amide bonds. The molecule has 2 aromatic rings. The minimum absolute atomic E-state index is 0.396. The van der Waals surface area contributed by atoms with E-state index in [4.69, 9.17) is 10.2 Å². The number of anilines is 1. The first-order chi connectivity index (χ1) is 6.75. The monoisotopic (exact) mass is 253 g/mol. The van der Waals surface area contributed by atoms with Gasteiger partial charge in [-0.05, 0) is 34.1 Å². The average Bonchev–Trinajstić information content (AvgIpc) is 2.64. The van der Waals surface area contributed by atoms with Crippen LogP contribution in [0.3, 0.4) is 0 Å². The number of furan rings is 1. The highest BCUT2D eigenvalue weighted by Gasteiger charge is 2.03. The second-order valence-corrected chi connectivity index (χ2v) is 3.68. The third-order valence-corrected chi connectivity index (χ3v) is 2.39. The van der Waals surface area contributed by atoms with Gasteiger partial charge in [-0.3, -0.25) is 0 Å².